The summed E-state index contributed by atoms with van der Waals surface area (Å²) in [7, 11) is 0. The topological polar surface area (TPSA) is 73.5 Å². The van der Waals surface area contributed by atoms with Crippen LogP contribution in [0, 0.1) is 5.92 Å². The average Bonchev–Trinajstić information content (AvgIpc) is 3.06. The maximum absolute atomic E-state index is 12.0. The first-order valence-corrected chi connectivity index (χ1v) is 9.16. The highest BCUT2D eigenvalue weighted by Gasteiger charge is 2.22. The summed E-state index contributed by atoms with van der Waals surface area (Å²) in [6.45, 7) is 7.21. The summed E-state index contributed by atoms with van der Waals surface area (Å²) < 4.78 is 0. The van der Waals surface area contributed by atoms with Gasteiger partial charge in [0.2, 0.25) is 11.8 Å². The van der Waals surface area contributed by atoms with Crippen molar-refractivity contribution in [3.8, 4) is 0 Å². The van der Waals surface area contributed by atoms with Gasteiger partial charge in [0.05, 0.1) is 6.54 Å². The van der Waals surface area contributed by atoms with Gasteiger partial charge in [-0.2, -0.15) is 0 Å². The highest BCUT2D eigenvalue weighted by molar-refractivity contribution is 5.78. The monoisotopic (exact) mass is 324 g/mol. The van der Waals surface area contributed by atoms with Crippen LogP contribution in [0.4, 0.5) is 0 Å². The fourth-order valence-electron chi connectivity index (χ4n) is 3.35. The van der Waals surface area contributed by atoms with Gasteiger partial charge in [0.25, 0.3) is 0 Å². The van der Waals surface area contributed by atoms with Crippen molar-refractivity contribution in [1.29, 1.82) is 0 Å². The molecule has 0 bridgehead atoms. The van der Waals surface area contributed by atoms with E-state index >= 15 is 0 Å². The van der Waals surface area contributed by atoms with E-state index < -0.39 is 0 Å². The van der Waals surface area contributed by atoms with Crippen LogP contribution in [0.3, 0.4) is 0 Å². The summed E-state index contributed by atoms with van der Waals surface area (Å²) in [6.07, 6.45) is 5.69. The van der Waals surface area contributed by atoms with Gasteiger partial charge < -0.3 is 16.0 Å². The minimum Gasteiger partial charge on any atom is -0.355 e. The van der Waals surface area contributed by atoms with Crippen LogP contribution >= 0.6 is 0 Å². The first-order valence-electron chi connectivity index (χ1n) is 9.16. The number of rotatable bonds is 8. The highest BCUT2D eigenvalue weighted by atomic mass is 16.2. The van der Waals surface area contributed by atoms with Gasteiger partial charge in [-0.1, -0.05) is 6.92 Å². The highest BCUT2D eigenvalue weighted by Crippen LogP contribution is 2.15. The number of likely N-dealkylation sites (tertiary alicyclic amines) is 1. The maximum atomic E-state index is 12.0. The zero-order chi connectivity index (χ0) is 16.5. The summed E-state index contributed by atoms with van der Waals surface area (Å²) in [5, 5.41) is 9.42. The van der Waals surface area contributed by atoms with Crippen LogP contribution in [0.1, 0.15) is 45.4 Å². The number of hydrogen-bond donors (Lipinski definition) is 3. The first-order chi connectivity index (χ1) is 11.2. The summed E-state index contributed by atoms with van der Waals surface area (Å²) in [5.41, 5.74) is 0. The van der Waals surface area contributed by atoms with Crippen LogP contribution in [-0.2, 0) is 9.59 Å². The molecule has 132 valence electrons. The summed E-state index contributed by atoms with van der Waals surface area (Å²) >= 11 is 0. The minimum atomic E-state index is 0.111. The molecule has 0 aromatic heterocycles. The third-order valence-electron chi connectivity index (χ3n) is 4.83. The van der Waals surface area contributed by atoms with Gasteiger partial charge in [-0.25, -0.2) is 0 Å². The van der Waals surface area contributed by atoms with E-state index in [0.717, 1.165) is 58.4 Å². The second-order valence-electron chi connectivity index (χ2n) is 6.87. The second kappa shape index (κ2) is 9.88. The summed E-state index contributed by atoms with van der Waals surface area (Å²) in [4.78, 5) is 25.9. The largest absolute Gasteiger partial charge is 0.355 e. The van der Waals surface area contributed by atoms with E-state index in [1.54, 1.807) is 0 Å². The molecule has 2 amide bonds. The Morgan fingerprint density at radius 3 is 2.61 bits per heavy atom. The normalized spacial score (nSPS) is 22.9. The Morgan fingerprint density at radius 1 is 1.17 bits per heavy atom. The van der Waals surface area contributed by atoms with E-state index in [0.29, 0.717) is 18.9 Å². The lowest BCUT2D eigenvalue weighted by atomic mass is 10.0. The van der Waals surface area contributed by atoms with Crippen LogP contribution in [-0.4, -0.2) is 62.0 Å². The van der Waals surface area contributed by atoms with Gasteiger partial charge in [0, 0.05) is 32.1 Å². The van der Waals surface area contributed by atoms with Crippen molar-refractivity contribution in [3.05, 3.63) is 0 Å². The lowest BCUT2D eigenvalue weighted by Gasteiger charge is -2.31. The Kier molecular flexibility index (Phi) is 7.82. The zero-order valence-electron chi connectivity index (χ0n) is 14.4. The molecule has 2 heterocycles. The Bertz CT molecular complexity index is 375. The second-order valence-corrected chi connectivity index (χ2v) is 6.87. The summed E-state index contributed by atoms with van der Waals surface area (Å²) in [5.74, 6) is 0.972. The summed E-state index contributed by atoms with van der Waals surface area (Å²) in [6, 6.07) is 0.277. The van der Waals surface area contributed by atoms with E-state index in [1.165, 1.54) is 6.42 Å². The molecule has 0 aromatic carbocycles. The van der Waals surface area contributed by atoms with Gasteiger partial charge >= 0.3 is 0 Å². The number of nitrogens with one attached hydrogen (secondary N) is 3. The molecule has 2 saturated heterocycles. The van der Waals surface area contributed by atoms with E-state index in [2.05, 4.69) is 27.8 Å². The molecule has 2 aliphatic rings. The van der Waals surface area contributed by atoms with E-state index in [-0.39, 0.29) is 17.9 Å². The fourth-order valence-corrected chi connectivity index (χ4v) is 3.35. The molecule has 2 fully saturated rings. The third kappa shape index (κ3) is 6.87. The van der Waals surface area contributed by atoms with Crippen molar-refractivity contribution in [3.63, 3.8) is 0 Å². The predicted molar refractivity (Wildman–Crippen MR) is 91.1 cm³/mol. The third-order valence-corrected chi connectivity index (χ3v) is 4.83. The van der Waals surface area contributed by atoms with Crippen molar-refractivity contribution in [1.82, 2.24) is 20.9 Å². The van der Waals surface area contributed by atoms with Gasteiger partial charge in [-0.05, 0) is 51.1 Å². The van der Waals surface area contributed by atoms with E-state index in [4.69, 9.17) is 0 Å². The molecule has 0 saturated carbocycles. The SMILES string of the molecule is CCCNC(=O)CN1CCC(NC(=O)CCC2CCNC2)CC1. The van der Waals surface area contributed by atoms with Crippen molar-refractivity contribution >= 4 is 11.8 Å². The number of carbonyl (C=O) groups excluding carboxylic acids is 2. The van der Waals surface area contributed by atoms with E-state index in [9.17, 15) is 9.59 Å². The number of hydrogen-bond acceptors (Lipinski definition) is 4. The van der Waals surface area contributed by atoms with Crippen LogP contribution < -0.4 is 16.0 Å². The number of carbonyl (C=O) groups is 2. The number of piperidine rings is 1. The fraction of sp³-hybridized carbons (Fsp3) is 0.882. The average molecular weight is 324 g/mol. The van der Waals surface area contributed by atoms with Crippen molar-refractivity contribution in [2.45, 2.75) is 51.5 Å². The van der Waals surface area contributed by atoms with E-state index in [1.807, 2.05) is 0 Å². The predicted octanol–water partition coefficient (Wildman–Crippen LogP) is 0.483. The quantitative estimate of drug-likeness (QED) is 0.607. The van der Waals surface area contributed by atoms with Gasteiger partial charge in [-0.3, -0.25) is 14.5 Å². The first kappa shape index (κ1) is 18.2. The molecule has 2 aliphatic heterocycles. The lowest BCUT2D eigenvalue weighted by Crippen LogP contribution is -2.47. The molecular weight excluding hydrogens is 292 g/mol. The molecule has 3 N–H and O–H groups in total. The standard InChI is InChI=1S/C17H32N4O2/c1-2-8-19-17(23)13-21-10-6-15(7-11-21)20-16(22)4-3-14-5-9-18-12-14/h14-15,18H,2-13H2,1H3,(H,19,23)(H,20,22). The maximum Gasteiger partial charge on any atom is 0.234 e. The molecule has 6 heteroatoms. The zero-order valence-corrected chi connectivity index (χ0v) is 14.4. The van der Waals surface area contributed by atoms with Crippen molar-refractivity contribution < 1.29 is 9.59 Å². The molecule has 23 heavy (non-hydrogen) atoms. The number of nitrogens with zero attached hydrogens (tertiary/aromatic N) is 1. The van der Waals surface area contributed by atoms with Gasteiger partial charge in [-0.15, -0.1) is 0 Å². The van der Waals surface area contributed by atoms with Gasteiger partial charge in [0.15, 0.2) is 0 Å². The molecule has 0 aromatic rings. The molecule has 1 atom stereocenters. The van der Waals surface area contributed by atoms with Crippen molar-refractivity contribution in [2.24, 2.45) is 5.92 Å². The number of amides is 2. The Balaban J connectivity index is 1.56. The lowest BCUT2D eigenvalue weighted by molar-refractivity contribution is -0.124. The molecule has 6 nitrogen and oxygen atoms in total. The van der Waals surface area contributed by atoms with Gasteiger partial charge in [0.1, 0.15) is 0 Å². The minimum absolute atomic E-state index is 0.111. The smallest absolute Gasteiger partial charge is 0.234 e. The van der Waals surface area contributed by atoms with Crippen LogP contribution in [0.25, 0.3) is 0 Å². The Labute approximate surface area is 139 Å². The van der Waals surface area contributed by atoms with Crippen LogP contribution in [0.2, 0.25) is 0 Å². The molecule has 0 radical (unpaired) electrons. The molecule has 1 unspecified atom stereocenters. The molecule has 2 rings (SSSR count). The molecule has 0 spiro atoms. The van der Waals surface area contributed by atoms with Crippen molar-refractivity contribution in [2.75, 3.05) is 39.3 Å². The Hall–Kier alpha value is -1.14. The van der Waals surface area contributed by atoms with Crippen LogP contribution in [0.15, 0.2) is 0 Å². The molecule has 0 aliphatic carbocycles. The van der Waals surface area contributed by atoms with Crippen LogP contribution in [0.5, 0.6) is 0 Å². The Morgan fingerprint density at radius 2 is 1.96 bits per heavy atom. The molecular formula is C17H32N4O2.